The molecule has 22 aromatic carbocycles. The molecule has 22 rings (SSSR count). The van der Waals surface area contributed by atoms with Crippen LogP contribution in [0.2, 0.25) is 0 Å². The lowest BCUT2D eigenvalue weighted by atomic mass is 9.82. The average molecular weight is 1350 g/mol. The molecular formula is C107H68. The SMILES string of the molecule is Cc1ccc2c(-c3ccc4c(-c5cccc6ccccc56)cc5ccccc5c4c3)c3ccccc3c(-c3ccc4ccccc4c3)c2c1.c1ccc(-c2c3ccccc3c(-c3cc4ccc(-c5c6ccccc6c(-c6cccc7ccccc67)c6ccccc56)cc4c4ccccc34)c3ccccc23)cc1. The maximum Gasteiger partial charge on any atom is -0.00199 e. The fraction of sp³-hybridized carbons (Fsp3) is 0.00935. The Morgan fingerprint density at radius 2 is 0.458 bits per heavy atom. The van der Waals surface area contributed by atoms with Crippen molar-refractivity contribution in [2.75, 3.05) is 0 Å². The number of aryl methyl sites for hydroxylation is 1. The van der Waals surface area contributed by atoms with E-state index in [4.69, 9.17) is 0 Å². The van der Waals surface area contributed by atoms with Gasteiger partial charge in [0, 0.05) is 0 Å². The van der Waals surface area contributed by atoms with Gasteiger partial charge in [0.1, 0.15) is 0 Å². The summed E-state index contributed by atoms with van der Waals surface area (Å²) in [7, 11) is 0. The molecule has 0 bridgehead atoms. The lowest BCUT2D eigenvalue weighted by Gasteiger charge is -2.20. The zero-order chi connectivity index (χ0) is 70.6. The largest absolute Gasteiger partial charge is 0.0622 e. The smallest absolute Gasteiger partial charge is 0.00199 e. The first kappa shape index (κ1) is 61.8. The number of rotatable bonds is 7. The van der Waals surface area contributed by atoms with Gasteiger partial charge in [-0.25, -0.2) is 0 Å². The third-order valence-electron chi connectivity index (χ3n) is 22.8. The second kappa shape index (κ2) is 25.3. The van der Waals surface area contributed by atoms with E-state index < -0.39 is 0 Å². The summed E-state index contributed by atoms with van der Waals surface area (Å²) in [6.07, 6.45) is 0. The van der Waals surface area contributed by atoms with Crippen molar-refractivity contribution >= 4 is 140 Å². The van der Waals surface area contributed by atoms with E-state index in [1.807, 2.05) is 0 Å². The van der Waals surface area contributed by atoms with Gasteiger partial charge in [-0.15, -0.1) is 0 Å². The Balaban J connectivity index is 0.000000139. The van der Waals surface area contributed by atoms with E-state index in [1.54, 1.807) is 0 Å². The van der Waals surface area contributed by atoms with Crippen molar-refractivity contribution in [3.05, 3.63) is 400 Å². The fourth-order valence-electron chi connectivity index (χ4n) is 18.2. The van der Waals surface area contributed by atoms with E-state index in [0.29, 0.717) is 0 Å². The van der Waals surface area contributed by atoms with Gasteiger partial charge in [0.05, 0.1) is 0 Å². The standard InChI is InChI=1S/C58H36.C49H32/c1-2-18-38(19-3-1)55-45-24-8-14-30-51(45)58(52-31-15-9-25-46(52)55)54-35-39-33-34-40(36-53(39)42-22-6-7-23-43(42)54)56-47-26-10-12-28-49(47)57(50-29-13-11-27-48(50)56)44-32-16-20-37-17-4-5-21-41(37)44;1-31-21-25-44-47(27-31)49(36-23-22-32-11-2-3-13-34(32)28-36)43-19-9-8-18-42(43)48(44)37-24-26-41-45(30-37)39-17-7-5-14-35(39)29-46(41)40-20-10-15-33-12-4-6-16-38(33)40/h1-36H;2-30H,1H3. The van der Waals surface area contributed by atoms with Gasteiger partial charge in [-0.3, -0.25) is 0 Å². The van der Waals surface area contributed by atoms with Crippen molar-refractivity contribution in [2.45, 2.75) is 6.92 Å². The summed E-state index contributed by atoms with van der Waals surface area (Å²) in [5.41, 5.74) is 19.0. The number of fused-ring (bicyclic) bond motifs is 15. The Hall–Kier alpha value is -13.8. The number of hydrogen-bond donors (Lipinski definition) is 0. The zero-order valence-corrected chi connectivity index (χ0v) is 59.0. The van der Waals surface area contributed by atoms with Crippen molar-refractivity contribution in [3.8, 4) is 77.9 Å². The summed E-state index contributed by atoms with van der Waals surface area (Å²) >= 11 is 0. The summed E-state index contributed by atoms with van der Waals surface area (Å²) < 4.78 is 0. The molecule has 496 valence electrons. The van der Waals surface area contributed by atoms with Crippen LogP contribution in [-0.2, 0) is 0 Å². The predicted molar refractivity (Wildman–Crippen MR) is 463 cm³/mol. The van der Waals surface area contributed by atoms with Crippen LogP contribution in [0.25, 0.3) is 218 Å². The monoisotopic (exact) mass is 1350 g/mol. The van der Waals surface area contributed by atoms with Crippen molar-refractivity contribution in [3.63, 3.8) is 0 Å². The second-order valence-electron chi connectivity index (χ2n) is 28.8. The van der Waals surface area contributed by atoms with E-state index in [2.05, 4.69) is 401 Å². The van der Waals surface area contributed by atoms with Crippen LogP contribution in [0.5, 0.6) is 0 Å². The summed E-state index contributed by atoms with van der Waals surface area (Å²) in [5.74, 6) is 0. The highest BCUT2D eigenvalue weighted by atomic mass is 14.3. The normalized spacial score (nSPS) is 11.8. The molecule has 107 heavy (non-hydrogen) atoms. The average Bonchev–Trinajstić information content (AvgIpc) is 0.727. The minimum absolute atomic E-state index is 1.23. The highest BCUT2D eigenvalue weighted by Crippen LogP contribution is 2.52. The molecule has 0 fully saturated rings. The molecule has 0 heterocycles. The lowest BCUT2D eigenvalue weighted by molar-refractivity contribution is 1.51. The molecule has 0 aromatic heterocycles. The zero-order valence-electron chi connectivity index (χ0n) is 59.0. The van der Waals surface area contributed by atoms with E-state index in [1.165, 1.54) is 223 Å². The van der Waals surface area contributed by atoms with Crippen LogP contribution in [0.15, 0.2) is 394 Å². The Morgan fingerprint density at radius 3 is 1.03 bits per heavy atom. The van der Waals surface area contributed by atoms with Crippen molar-refractivity contribution < 1.29 is 0 Å². The van der Waals surface area contributed by atoms with Crippen molar-refractivity contribution in [2.24, 2.45) is 0 Å². The fourth-order valence-corrected chi connectivity index (χ4v) is 18.2. The van der Waals surface area contributed by atoms with Crippen LogP contribution in [0, 0.1) is 6.92 Å². The summed E-state index contributed by atoms with van der Waals surface area (Å²) in [6.45, 7) is 2.20. The van der Waals surface area contributed by atoms with E-state index in [9.17, 15) is 0 Å². The van der Waals surface area contributed by atoms with Crippen LogP contribution in [-0.4, -0.2) is 0 Å². The van der Waals surface area contributed by atoms with Crippen LogP contribution in [0.1, 0.15) is 5.56 Å². The maximum atomic E-state index is 2.45. The molecule has 0 aliphatic heterocycles. The molecule has 0 N–H and O–H groups in total. The topological polar surface area (TPSA) is 0 Å². The molecular weight excluding hydrogens is 1290 g/mol. The Labute approximate surface area is 620 Å². The molecule has 0 unspecified atom stereocenters. The summed E-state index contributed by atoms with van der Waals surface area (Å²) in [5, 5.41) is 33.0. The highest BCUT2D eigenvalue weighted by molar-refractivity contribution is 6.29. The van der Waals surface area contributed by atoms with Gasteiger partial charge in [0.25, 0.3) is 0 Å². The Kier molecular flexibility index (Phi) is 14.6. The van der Waals surface area contributed by atoms with Gasteiger partial charge < -0.3 is 0 Å². The van der Waals surface area contributed by atoms with E-state index >= 15 is 0 Å². The van der Waals surface area contributed by atoms with Crippen molar-refractivity contribution in [1.29, 1.82) is 0 Å². The van der Waals surface area contributed by atoms with Crippen LogP contribution in [0.3, 0.4) is 0 Å². The number of benzene rings is 22. The van der Waals surface area contributed by atoms with Gasteiger partial charge in [0.2, 0.25) is 0 Å². The lowest BCUT2D eigenvalue weighted by Crippen LogP contribution is -1.93. The van der Waals surface area contributed by atoms with Crippen LogP contribution >= 0.6 is 0 Å². The third kappa shape index (κ3) is 10.1. The Morgan fingerprint density at radius 1 is 0.121 bits per heavy atom. The highest BCUT2D eigenvalue weighted by Gasteiger charge is 2.24. The first-order chi connectivity index (χ1) is 53.0. The molecule has 0 nitrogen and oxygen atoms in total. The van der Waals surface area contributed by atoms with Crippen LogP contribution in [0.4, 0.5) is 0 Å². The quantitative estimate of drug-likeness (QED) is 0.110. The van der Waals surface area contributed by atoms with Gasteiger partial charge >= 0.3 is 0 Å². The molecule has 0 radical (unpaired) electrons. The first-order valence-corrected chi connectivity index (χ1v) is 37.3. The second-order valence-corrected chi connectivity index (χ2v) is 28.8. The van der Waals surface area contributed by atoms with Gasteiger partial charge in [-0.1, -0.05) is 370 Å². The molecule has 0 amide bonds. The molecule has 0 saturated heterocycles. The van der Waals surface area contributed by atoms with E-state index in [-0.39, 0.29) is 0 Å². The van der Waals surface area contributed by atoms with Gasteiger partial charge in [-0.2, -0.15) is 0 Å². The number of hydrogen-bond acceptors (Lipinski definition) is 0. The predicted octanol–water partition coefficient (Wildman–Crippen LogP) is 30.3. The molecule has 0 atom stereocenters. The molecule has 22 aromatic rings. The molecule has 0 aliphatic rings. The third-order valence-corrected chi connectivity index (χ3v) is 22.8. The molecule has 0 aliphatic carbocycles. The summed E-state index contributed by atoms with van der Waals surface area (Å²) in [4.78, 5) is 0. The van der Waals surface area contributed by atoms with Gasteiger partial charge in [-0.05, 0) is 255 Å². The van der Waals surface area contributed by atoms with E-state index in [0.717, 1.165) is 0 Å². The molecule has 0 spiro atoms. The minimum atomic E-state index is 1.23. The summed E-state index contributed by atoms with van der Waals surface area (Å²) in [6, 6.07) is 146. The Bertz CT molecular complexity index is 7310. The molecule has 0 saturated carbocycles. The maximum absolute atomic E-state index is 2.45. The first-order valence-electron chi connectivity index (χ1n) is 37.3. The van der Waals surface area contributed by atoms with Crippen molar-refractivity contribution in [1.82, 2.24) is 0 Å². The van der Waals surface area contributed by atoms with Crippen LogP contribution < -0.4 is 0 Å². The van der Waals surface area contributed by atoms with Gasteiger partial charge in [0.15, 0.2) is 0 Å². The minimum Gasteiger partial charge on any atom is -0.0622 e. The molecule has 0 heteroatoms.